The van der Waals surface area contributed by atoms with E-state index in [2.05, 4.69) is 10.1 Å². The Labute approximate surface area is 176 Å². The van der Waals surface area contributed by atoms with Gasteiger partial charge in [0.25, 0.3) is 5.91 Å². The third-order valence-electron chi connectivity index (χ3n) is 6.32. The van der Waals surface area contributed by atoms with Gasteiger partial charge in [-0.1, -0.05) is 55.7 Å². The van der Waals surface area contributed by atoms with Gasteiger partial charge in [-0.3, -0.25) is 14.4 Å². The van der Waals surface area contributed by atoms with Crippen molar-refractivity contribution in [2.24, 2.45) is 0 Å². The Kier molecular flexibility index (Phi) is 5.57. The molecule has 1 fully saturated rings. The molecule has 2 aromatic carbocycles. The summed E-state index contributed by atoms with van der Waals surface area (Å²) in [6.07, 6.45) is 4.44. The standard InChI is InChI=1S/C24H26N2O4/c1-30-20(27)16-25-22(28)21-18-12-6-7-13-19(18)23(29)26(17-10-4-2-5-11-17)24(21)14-8-3-9-15-24/h2,4-7,10-13,21H,3,8-9,14-16H2,1H3,(H,25,28)/t21-/m1/s1. The fourth-order valence-electron chi connectivity index (χ4n) is 5.03. The van der Waals surface area contributed by atoms with Crippen LogP contribution in [0.4, 0.5) is 5.69 Å². The second-order valence-electron chi connectivity index (χ2n) is 7.95. The zero-order valence-corrected chi connectivity index (χ0v) is 17.1. The van der Waals surface area contributed by atoms with Crippen LogP contribution in [0.1, 0.15) is 53.9 Å². The highest BCUT2D eigenvalue weighted by molar-refractivity contribution is 6.12. The van der Waals surface area contributed by atoms with E-state index < -0.39 is 17.4 Å². The largest absolute Gasteiger partial charge is 0.468 e. The Morgan fingerprint density at radius 2 is 1.70 bits per heavy atom. The van der Waals surface area contributed by atoms with Crippen LogP contribution in [-0.4, -0.2) is 37.0 Å². The molecule has 6 nitrogen and oxygen atoms in total. The number of esters is 1. The van der Waals surface area contributed by atoms with Crippen LogP contribution in [0.2, 0.25) is 0 Å². The summed E-state index contributed by atoms with van der Waals surface area (Å²) in [6, 6.07) is 16.9. The number of carbonyl (C=O) groups is 3. The highest BCUT2D eigenvalue weighted by Gasteiger charge is 2.55. The Morgan fingerprint density at radius 1 is 1.03 bits per heavy atom. The molecule has 1 N–H and O–H groups in total. The Bertz CT molecular complexity index is 951. The first-order chi connectivity index (χ1) is 14.6. The van der Waals surface area contributed by atoms with E-state index in [1.807, 2.05) is 53.4 Å². The van der Waals surface area contributed by atoms with E-state index in [1.165, 1.54) is 7.11 Å². The third-order valence-corrected chi connectivity index (χ3v) is 6.32. The van der Waals surface area contributed by atoms with Crippen molar-refractivity contribution in [2.75, 3.05) is 18.6 Å². The molecule has 1 spiro atoms. The normalized spacial score (nSPS) is 19.8. The quantitative estimate of drug-likeness (QED) is 0.790. The minimum atomic E-state index is -0.661. The van der Waals surface area contributed by atoms with Gasteiger partial charge in [0, 0.05) is 11.3 Å². The number of anilines is 1. The summed E-state index contributed by atoms with van der Waals surface area (Å²) < 4.78 is 4.68. The van der Waals surface area contributed by atoms with Gasteiger partial charge < -0.3 is 15.0 Å². The van der Waals surface area contributed by atoms with E-state index in [0.717, 1.165) is 43.4 Å². The first kappa shape index (κ1) is 20.1. The van der Waals surface area contributed by atoms with Crippen LogP contribution in [-0.2, 0) is 14.3 Å². The molecule has 0 radical (unpaired) electrons. The molecule has 2 amide bonds. The molecule has 1 saturated carbocycles. The average Bonchev–Trinajstić information content (AvgIpc) is 2.79. The average molecular weight is 406 g/mol. The van der Waals surface area contributed by atoms with Gasteiger partial charge in [0.05, 0.1) is 18.6 Å². The molecular formula is C24H26N2O4. The molecule has 0 bridgehead atoms. The first-order valence-electron chi connectivity index (χ1n) is 10.4. The van der Waals surface area contributed by atoms with Gasteiger partial charge in [0.2, 0.25) is 5.91 Å². The van der Waals surface area contributed by atoms with Gasteiger partial charge in [-0.15, -0.1) is 0 Å². The zero-order valence-electron chi connectivity index (χ0n) is 17.1. The maximum atomic E-state index is 13.7. The van der Waals surface area contributed by atoms with Gasteiger partial charge >= 0.3 is 5.97 Å². The molecule has 1 aliphatic carbocycles. The van der Waals surface area contributed by atoms with Crippen molar-refractivity contribution in [1.82, 2.24) is 5.32 Å². The maximum Gasteiger partial charge on any atom is 0.325 e. The number of ether oxygens (including phenoxy) is 1. The smallest absolute Gasteiger partial charge is 0.325 e. The van der Waals surface area contributed by atoms with Crippen LogP contribution < -0.4 is 10.2 Å². The summed E-state index contributed by atoms with van der Waals surface area (Å²) >= 11 is 0. The van der Waals surface area contributed by atoms with Crippen LogP contribution in [0.5, 0.6) is 0 Å². The molecule has 0 saturated heterocycles. The summed E-state index contributed by atoms with van der Waals surface area (Å²) in [5.41, 5.74) is 1.41. The number of hydrogen-bond donors (Lipinski definition) is 1. The molecule has 1 heterocycles. The molecule has 6 heteroatoms. The van der Waals surface area contributed by atoms with Crippen LogP contribution in [0.25, 0.3) is 0 Å². The number of hydrogen-bond acceptors (Lipinski definition) is 4. The Hall–Kier alpha value is -3.15. The minimum absolute atomic E-state index is 0.0734. The van der Waals surface area contributed by atoms with Crippen LogP contribution >= 0.6 is 0 Å². The summed E-state index contributed by atoms with van der Waals surface area (Å²) in [6.45, 7) is -0.191. The lowest BCUT2D eigenvalue weighted by Gasteiger charge is -2.53. The number of para-hydroxylation sites is 1. The number of amides is 2. The highest BCUT2D eigenvalue weighted by Crippen LogP contribution is 2.50. The number of nitrogens with zero attached hydrogens (tertiary/aromatic N) is 1. The van der Waals surface area contributed by atoms with Gasteiger partial charge in [0.1, 0.15) is 6.54 Å². The lowest BCUT2D eigenvalue weighted by molar-refractivity contribution is -0.141. The first-order valence-corrected chi connectivity index (χ1v) is 10.4. The topological polar surface area (TPSA) is 75.7 Å². The summed E-state index contributed by atoms with van der Waals surface area (Å²) in [5.74, 6) is -1.38. The monoisotopic (exact) mass is 406 g/mol. The summed E-state index contributed by atoms with van der Waals surface area (Å²) in [4.78, 5) is 40.7. The van der Waals surface area contributed by atoms with Gasteiger partial charge in [-0.05, 0) is 36.6 Å². The summed E-state index contributed by atoms with van der Waals surface area (Å²) in [7, 11) is 1.29. The van der Waals surface area contributed by atoms with Crippen LogP contribution in [0.3, 0.4) is 0 Å². The van der Waals surface area contributed by atoms with E-state index in [-0.39, 0.29) is 18.4 Å². The number of benzene rings is 2. The van der Waals surface area contributed by atoms with Crippen molar-refractivity contribution < 1.29 is 19.1 Å². The minimum Gasteiger partial charge on any atom is -0.468 e. The van der Waals surface area contributed by atoms with Gasteiger partial charge in [0.15, 0.2) is 0 Å². The number of methoxy groups -OCH3 is 1. The summed E-state index contributed by atoms with van der Waals surface area (Å²) in [5, 5.41) is 2.75. The number of nitrogens with one attached hydrogen (secondary N) is 1. The molecule has 2 aromatic rings. The van der Waals surface area contributed by atoms with Crippen LogP contribution in [0, 0.1) is 0 Å². The fourth-order valence-corrected chi connectivity index (χ4v) is 5.03. The van der Waals surface area contributed by atoms with E-state index in [9.17, 15) is 14.4 Å². The maximum absolute atomic E-state index is 13.7. The van der Waals surface area contributed by atoms with Crippen molar-refractivity contribution in [3.05, 3.63) is 65.7 Å². The number of carbonyl (C=O) groups excluding carboxylic acids is 3. The zero-order chi connectivity index (χ0) is 21.1. The van der Waals surface area contributed by atoms with Gasteiger partial charge in [-0.25, -0.2) is 0 Å². The molecule has 2 aliphatic rings. The predicted octanol–water partition coefficient (Wildman–Crippen LogP) is 3.42. The highest BCUT2D eigenvalue weighted by atomic mass is 16.5. The van der Waals surface area contributed by atoms with Crippen molar-refractivity contribution in [3.63, 3.8) is 0 Å². The lowest BCUT2D eigenvalue weighted by atomic mass is 9.65. The lowest BCUT2D eigenvalue weighted by Crippen LogP contribution is -2.63. The molecule has 156 valence electrons. The van der Waals surface area contributed by atoms with Crippen molar-refractivity contribution in [1.29, 1.82) is 0 Å². The Morgan fingerprint density at radius 3 is 2.40 bits per heavy atom. The number of rotatable bonds is 4. The molecule has 1 atom stereocenters. The van der Waals surface area contributed by atoms with E-state index >= 15 is 0 Å². The van der Waals surface area contributed by atoms with E-state index in [4.69, 9.17) is 0 Å². The van der Waals surface area contributed by atoms with Crippen molar-refractivity contribution >= 4 is 23.5 Å². The fraction of sp³-hybridized carbons (Fsp3) is 0.375. The molecule has 0 unspecified atom stereocenters. The number of fused-ring (bicyclic) bond motifs is 1. The van der Waals surface area contributed by atoms with Gasteiger partial charge in [-0.2, -0.15) is 0 Å². The Balaban J connectivity index is 1.86. The van der Waals surface area contributed by atoms with Crippen molar-refractivity contribution in [2.45, 2.75) is 43.6 Å². The molecule has 4 rings (SSSR count). The molecule has 30 heavy (non-hydrogen) atoms. The second-order valence-corrected chi connectivity index (χ2v) is 7.95. The SMILES string of the molecule is COC(=O)CNC(=O)[C@H]1c2ccccc2C(=O)N(c2ccccc2)C12CCCCC2. The van der Waals surface area contributed by atoms with Crippen LogP contribution in [0.15, 0.2) is 54.6 Å². The predicted molar refractivity (Wildman–Crippen MR) is 113 cm³/mol. The van der Waals surface area contributed by atoms with E-state index in [0.29, 0.717) is 5.56 Å². The van der Waals surface area contributed by atoms with E-state index in [1.54, 1.807) is 6.07 Å². The molecule has 1 aliphatic heterocycles. The molecular weight excluding hydrogens is 380 g/mol. The molecule has 0 aromatic heterocycles. The second kappa shape index (κ2) is 8.30. The van der Waals surface area contributed by atoms with Crippen molar-refractivity contribution in [3.8, 4) is 0 Å². The third kappa shape index (κ3) is 3.36.